The third kappa shape index (κ3) is 1.26. The van der Waals surface area contributed by atoms with Crippen LogP contribution in [0.5, 0.6) is 0 Å². The van der Waals surface area contributed by atoms with E-state index in [4.69, 9.17) is 5.11 Å². The maximum Gasteiger partial charge on any atom is 0.356 e. The van der Waals surface area contributed by atoms with Gasteiger partial charge in [-0.2, -0.15) is 5.21 Å². The smallest absolute Gasteiger partial charge is 0.356 e. The highest BCUT2D eigenvalue weighted by Crippen LogP contribution is 2.22. The summed E-state index contributed by atoms with van der Waals surface area (Å²) in [5, 5.41) is 21.6. The van der Waals surface area contributed by atoms with Crippen molar-refractivity contribution >= 4 is 17.3 Å². The van der Waals surface area contributed by atoms with E-state index in [0.717, 1.165) is 11.3 Å². The second-order valence-electron chi connectivity index (χ2n) is 2.07. The summed E-state index contributed by atoms with van der Waals surface area (Å²) in [5.74, 6) is -0.846. The number of H-pyrrole nitrogens is 1. The van der Waals surface area contributed by atoms with Crippen LogP contribution in [0.15, 0.2) is 5.51 Å². The number of aromatic nitrogens is 5. The minimum absolute atomic E-state index is 0.0496. The van der Waals surface area contributed by atoms with Crippen molar-refractivity contribution in [3.63, 3.8) is 0 Å². The van der Waals surface area contributed by atoms with Gasteiger partial charge in [-0.1, -0.05) is 0 Å². The summed E-state index contributed by atoms with van der Waals surface area (Å²) in [5.41, 5.74) is 1.38. The lowest BCUT2D eigenvalue weighted by Gasteiger charge is -1.88. The van der Waals surface area contributed by atoms with Crippen LogP contribution in [-0.2, 0) is 0 Å². The fraction of sp³-hybridized carbons (Fsp3) is 0. The Morgan fingerprint density at radius 3 is 3.08 bits per heavy atom. The molecule has 2 heterocycles. The van der Waals surface area contributed by atoms with Gasteiger partial charge < -0.3 is 5.11 Å². The summed E-state index contributed by atoms with van der Waals surface area (Å²) < 4.78 is 0. The first kappa shape index (κ1) is 7.80. The number of thiazole rings is 1. The molecule has 0 unspecified atom stereocenters. The van der Waals surface area contributed by atoms with Crippen molar-refractivity contribution in [1.29, 1.82) is 0 Å². The number of rotatable bonds is 2. The SMILES string of the molecule is O=C(O)c1ncsc1-c1nn[nH]n1. The highest BCUT2D eigenvalue weighted by Gasteiger charge is 2.17. The lowest BCUT2D eigenvalue weighted by atomic mass is 10.3. The average molecular weight is 197 g/mol. The molecule has 0 radical (unpaired) electrons. The Labute approximate surface area is 75.4 Å². The molecule has 2 aromatic heterocycles. The molecule has 0 aliphatic rings. The topological polar surface area (TPSA) is 105 Å². The molecular weight excluding hydrogens is 194 g/mol. The molecule has 0 amide bonds. The summed E-state index contributed by atoms with van der Waals surface area (Å²) in [4.78, 5) is 14.7. The van der Waals surface area contributed by atoms with Gasteiger partial charge in [0.1, 0.15) is 4.88 Å². The molecule has 0 saturated heterocycles. The van der Waals surface area contributed by atoms with Crippen molar-refractivity contribution in [2.45, 2.75) is 0 Å². The van der Waals surface area contributed by atoms with Crippen LogP contribution < -0.4 is 0 Å². The number of nitrogens with one attached hydrogen (secondary N) is 1. The van der Waals surface area contributed by atoms with Gasteiger partial charge in [0.25, 0.3) is 0 Å². The van der Waals surface area contributed by atoms with Crippen LogP contribution in [0.4, 0.5) is 0 Å². The number of carbonyl (C=O) groups is 1. The Kier molecular flexibility index (Phi) is 1.74. The first-order valence-electron chi connectivity index (χ1n) is 3.19. The van der Waals surface area contributed by atoms with Crippen LogP contribution >= 0.6 is 11.3 Å². The number of carboxylic acids is 1. The van der Waals surface area contributed by atoms with E-state index in [1.54, 1.807) is 0 Å². The summed E-state index contributed by atoms with van der Waals surface area (Å²) >= 11 is 1.16. The van der Waals surface area contributed by atoms with Gasteiger partial charge in [-0.3, -0.25) is 0 Å². The van der Waals surface area contributed by atoms with Crippen molar-refractivity contribution in [3.05, 3.63) is 11.2 Å². The quantitative estimate of drug-likeness (QED) is 0.703. The lowest BCUT2D eigenvalue weighted by molar-refractivity contribution is 0.0692. The number of hydrogen-bond donors (Lipinski definition) is 2. The normalized spacial score (nSPS) is 10.2. The molecule has 0 bridgehead atoms. The zero-order chi connectivity index (χ0) is 9.26. The van der Waals surface area contributed by atoms with E-state index in [1.165, 1.54) is 5.51 Å². The Bertz CT molecular complexity index is 422. The molecule has 0 aromatic carbocycles. The van der Waals surface area contributed by atoms with E-state index in [-0.39, 0.29) is 11.5 Å². The van der Waals surface area contributed by atoms with E-state index >= 15 is 0 Å². The van der Waals surface area contributed by atoms with Gasteiger partial charge in [-0.15, -0.1) is 21.5 Å². The predicted octanol–water partition coefficient (Wildman–Crippen LogP) is 0.0214. The van der Waals surface area contributed by atoms with Gasteiger partial charge in [-0.05, 0) is 5.21 Å². The summed E-state index contributed by atoms with van der Waals surface area (Å²) in [6.07, 6.45) is 0. The predicted molar refractivity (Wildman–Crippen MR) is 42.2 cm³/mol. The third-order valence-corrected chi connectivity index (χ3v) is 2.14. The Morgan fingerprint density at radius 2 is 2.46 bits per heavy atom. The van der Waals surface area contributed by atoms with Crippen molar-refractivity contribution in [2.75, 3.05) is 0 Å². The van der Waals surface area contributed by atoms with Crippen LogP contribution in [0.1, 0.15) is 10.5 Å². The van der Waals surface area contributed by atoms with Gasteiger partial charge in [0.05, 0.1) is 5.51 Å². The minimum Gasteiger partial charge on any atom is -0.476 e. The highest BCUT2D eigenvalue weighted by atomic mass is 32.1. The Balaban J connectivity index is 2.52. The third-order valence-electron chi connectivity index (χ3n) is 1.32. The monoisotopic (exact) mass is 197 g/mol. The van der Waals surface area contributed by atoms with Crippen LogP contribution in [0.2, 0.25) is 0 Å². The zero-order valence-corrected chi connectivity index (χ0v) is 6.95. The lowest BCUT2D eigenvalue weighted by Crippen LogP contribution is -1.98. The van der Waals surface area contributed by atoms with Crippen LogP contribution in [0.3, 0.4) is 0 Å². The van der Waals surface area contributed by atoms with Gasteiger partial charge in [0, 0.05) is 0 Å². The number of tetrazole rings is 1. The van der Waals surface area contributed by atoms with E-state index in [0.29, 0.717) is 4.88 Å². The van der Waals surface area contributed by atoms with E-state index < -0.39 is 5.97 Å². The number of carboxylic acid groups (broad SMARTS) is 1. The fourth-order valence-corrected chi connectivity index (χ4v) is 1.52. The van der Waals surface area contributed by atoms with Gasteiger partial charge in [-0.25, -0.2) is 9.78 Å². The molecule has 0 atom stereocenters. The highest BCUT2D eigenvalue weighted by molar-refractivity contribution is 7.13. The van der Waals surface area contributed by atoms with Crippen LogP contribution in [0.25, 0.3) is 10.7 Å². The number of aromatic carboxylic acids is 1. The second kappa shape index (κ2) is 2.90. The first-order chi connectivity index (χ1) is 6.29. The zero-order valence-electron chi connectivity index (χ0n) is 6.13. The molecular formula is C5H3N5O2S. The largest absolute Gasteiger partial charge is 0.476 e. The maximum atomic E-state index is 10.6. The van der Waals surface area contributed by atoms with E-state index in [2.05, 4.69) is 25.6 Å². The molecule has 13 heavy (non-hydrogen) atoms. The van der Waals surface area contributed by atoms with Gasteiger partial charge in [0.2, 0.25) is 5.82 Å². The van der Waals surface area contributed by atoms with Gasteiger partial charge in [0.15, 0.2) is 5.69 Å². The minimum atomic E-state index is -1.10. The fourth-order valence-electron chi connectivity index (χ4n) is 0.815. The summed E-state index contributed by atoms with van der Waals surface area (Å²) in [7, 11) is 0. The van der Waals surface area contributed by atoms with Crippen molar-refractivity contribution in [1.82, 2.24) is 25.6 Å². The number of aromatic amines is 1. The molecule has 0 spiro atoms. The molecule has 2 N–H and O–H groups in total. The maximum absolute atomic E-state index is 10.6. The Hall–Kier alpha value is -1.83. The van der Waals surface area contributed by atoms with E-state index in [1.807, 2.05) is 0 Å². The van der Waals surface area contributed by atoms with E-state index in [9.17, 15) is 4.79 Å². The van der Waals surface area contributed by atoms with Crippen molar-refractivity contribution < 1.29 is 9.90 Å². The molecule has 2 rings (SSSR count). The molecule has 0 aliphatic heterocycles. The van der Waals surface area contributed by atoms with Crippen molar-refractivity contribution in [3.8, 4) is 10.7 Å². The standard InChI is InChI=1S/C5H3N5O2S/c11-5(12)2-3(13-1-6-2)4-7-9-10-8-4/h1H,(H,11,12)(H,7,8,9,10). The molecule has 0 fully saturated rings. The number of hydrogen-bond acceptors (Lipinski definition) is 6. The summed E-state index contributed by atoms with van der Waals surface area (Å²) in [6.45, 7) is 0. The molecule has 2 aromatic rings. The molecule has 66 valence electrons. The van der Waals surface area contributed by atoms with Crippen LogP contribution in [0, 0.1) is 0 Å². The summed E-state index contributed by atoms with van der Waals surface area (Å²) in [6, 6.07) is 0. The number of nitrogens with zero attached hydrogens (tertiary/aromatic N) is 4. The average Bonchev–Trinajstić information content (AvgIpc) is 2.74. The molecule has 0 aliphatic carbocycles. The van der Waals surface area contributed by atoms with Crippen molar-refractivity contribution in [2.24, 2.45) is 0 Å². The Morgan fingerprint density at radius 1 is 1.62 bits per heavy atom. The van der Waals surface area contributed by atoms with Gasteiger partial charge >= 0.3 is 5.97 Å². The first-order valence-corrected chi connectivity index (χ1v) is 4.07. The molecule has 7 nitrogen and oxygen atoms in total. The van der Waals surface area contributed by atoms with Crippen LogP contribution in [-0.4, -0.2) is 36.7 Å². The molecule has 8 heteroatoms. The molecule has 0 saturated carbocycles. The second-order valence-corrected chi connectivity index (χ2v) is 2.93.